The number of rotatable bonds is 5. The first kappa shape index (κ1) is 16.1. The van der Waals surface area contributed by atoms with Gasteiger partial charge < -0.3 is 10.6 Å². The molecule has 0 aliphatic carbocycles. The van der Waals surface area contributed by atoms with Gasteiger partial charge >= 0.3 is 0 Å². The fraction of sp³-hybridized carbons (Fsp3) is 0.600. The molecule has 3 rings (SSSR count). The number of anilines is 1. The average molecular weight is 334 g/mol. The molecular weight excluding hydrogens is 312 g/mol. The maximum Gasteiger partial charge on any atom is 0.223 e. The van der Waals surface area contributed by atoms with Crippen LogP contribution in [0.1, 0.15) is 50.5 Å². The molecule has 1 aliphatic heterocycles. The van der Waals surface area contributed by atoms with E-state index in [0.717, 1.165) is 36.7 Å². The van der Waals surface area contributed by atoms with Crippen LogP contribution in [0.3, 0.4) is 0 Å². The van der Waals surface area contributed by atoms with E-state index in [4.69, 9.17) is 0 Å². The molecule has 0 bridgehead atoms. The van der Waals surface area contributed by atoms with Crippen molar-refractivity contribution in [1.82, 2.24) is 25.1 Å². The third-order valence-electron chi connectivity index (χ3n) is 3.80. The van der Waals surface area contributed by atoms with Gasteiger partial charge in [-0.2, -0.15) is 5.10 Å². The Morgan fingerprint density at radius 1 is 1.48 bits per heavy atom. The summed E-state index contributed by atoms with van der Waals surface area (Å²) in [6.07, 6.45) is 2.00. The predicted octanol–water partition coefficient (Wildman–Crippen LogP) is 1.92. The summed E-state index contributed by atoms with van der Waals surface area (Å²) < 4.78 is 2.03. The van der Waals surface area contributed by atoms with Crippen LogP contribution in [-0.4, -0.2) is 31.7 Å². The van der Waals surface area contributed by atoms with Crippen LogP contribution in [0, 0.1) is 0 Å². The van der Waals surface area contributed by atoms with Crippen LogP contribution in [0.5, 0.6) is 0 Å². The molecule has 2 aromatic heterocycles. The molecule has 2 N–H and O–H groups in total. The summed E-state index contributed by atoms with van der Waals surface area (Å²) in [4.78, 5) is 20.0. The number of carbonyl (C=O) groups is 1. The number of amides is 1. The summed E-state index contributed by atoms with van der Waals surface area (Å²) >= 11 is 1.45. The second-order valence-corrected chi connectivity index (χ2v) is 7.02. The van der Waals surface area contributed by atoms with Crippen molar-refractivity contribution in [3.63, 3.8) is 0 Å². The molecule has 124 valence electrons. The Balaban J connectivity index is 1.55. The normalized spacial score (nSPS) is 17.3. The predicted molar refractivity (Wildman–Crippen MR) is 89.5 cm³/mol. The Morgan fingerprint density at radius 2 is 2.30 bits per heavy atom. The van der Waals surface area contributed by atoms with E-state index in [1.807, 2.05) is 10.1 Å². The standard InChI is InChI=1S/C15H22N6OS/c1-9(2)14-19-13-5-4-11(7-21(13)20-14)16-6-12-8-23-15(18-12)17-10(3)22/h8-9,11,16H,4-7H2,1-3H3,(H,17,18,22). The van der Waals surface area contributed by atoms with Gasteiger partial charge in [0.15, 0.2) is 11.0 Å². The highest BCUT2D eigenvalue weighted by atomic mass is 32.1. The van der Waals surface area contributed by atoms with Gasteiger partial charge in [0.05, 0.1) is 12.2 Å². The van der Waals surface area contributed by atoms with Crippen molar-refractivity contribution in [3.8, 4) is 0 Å². The number of hydrogen-bond acceptors (Lipinski definition) is 6. The number of aromatic nitrogens is 4. The van der Waals surface area contributed by atoms with Crippen molar-refractivity contribution in [2.45, 2.75) is 58.7 Å². The van der Waals surface area contributed by atoms with E-state index in [9.17, 15) is 4.79 Å². The molecule has 0 saturated carbocycles. The average Bonchev–Trinajstić information content (AvgIpc) is 3.10. The van der Waals surface area contributed by atoms with Gasteiger partial charge in [0.25, 0.3) is 0 Å². The molecule has 0 fully saturated rings. The third kappa shape index (κ3) is 3.94. The first-order valence-electron chi connectivity index (χ1n) is 7.90. The molecule has 3 heterocycles. The number of fused-ring (bicyclic) bond motifs is 1. The number of nitrogens with zero attached hydrogens (tertiary/aromatic N) is 4. The number of nitrogens with one attached hydrogen (secondary N) is 2. The largest absolute Gasteiger partial charge is 0.306 e. The van der Waals surface area contributed by atoms with Gasteiger partial charge in [-0.15, -0.1) is 11.3 Å². The minimum atomic E-state index is -0.0918. The topological polar surface area (TPSA) is 84.7 Å². The second-order valence-electron chi connectivity index (χ2n) is 6.16. The van der Waals surface area contributed by atoms with Gasteiger partial charge in [0.2, 0.25) is 5.91 Å². The Bertz CT molecular complexity index is 692. The number of aryl methyl sites for hydroxylation is 1. The summed E-state index contributed by atoms with van der Waals surface area (Å²) in [5, 5.41) is 13.5. The van der Waals surface area contributed by atoms with Crippen LogP contribution >= 0.6 is 11.3 Å². The summed E-state index contributed by atoms with van der Waals surface area (Å²) in [5.74, 6) is 2.29. The molecule has 0 spiro atoms. The van der Waals surface area contributed by atoms with Crippen LogP contribution in [0.4, 0.5) is 5.13 Å². The lowest BCUT2D eigenvalue weighted by Gasteiger charge is -2.23. The number of carbonyl (C=O) groups excluding carboxylic acids is 1. The zero-order valence-corrected chi connectivity index (χ0v) is 14.5. The van der Waals surface area contributed by atoms with Crippen molar-refractivity contribution in [2.75, 3.05) is 5.32 Å². The monoisotopic (exact) mass is 334 g/mol. The van der Waals surface area contributed by atoms with Gasteiger partial charge in [-0.3, -0.25) is 4.79 Å². The quantitative estimate of drug-likeness (QED) is 0.873. The summed E-state index contributed by atoms with van der Waals surface area (Å²) in [6, 6.07) is 0.370. The fourth-order valence-electron chi connectivity index (χ4n) is 2.58. The van der Waals surface area contributed by atoms with E-state index >= 15 is 0 Å². The maximum absolute atomic E-state index is 11.0. The van der Waals surface area contributed by atoms with Crippen LogP contribution in [0.15, 0.2) is 5.38 Å². The SMILES string of the molecule is CC(=O)Nc1nc(CNC2CCc3nc(C(C)C)nn3C2)cs1. The van der Waals surface area contributed by atoms with Crippen LogP contribution in [0.25, 0.3) is 0 Å². The lowest BCUT2D eigenvalue weighted by Crippen LogP contribution is -2.37. The smallest absolute Gasteiger partial charge is 0.223 e. The molecule has 0 aromatic carbocycles. The Hall–Kier alpha value is -1.80. The van der Waals surface area contributed by atoms with Gasteiger partial charge in [-0.05, 0) is 6.42 Å². The Kier molecular flexibility index (Phi) is 4.72. The van der Waals surface area contributed by atoms with Crippen LogP contribution in [-0.2, 0) is 24.3 Å². The molecular formula is C15H22N6OS. The van der Waals surface area contributed by atoms with Crippen LogP contribution < -0.4 is 10.6 Å². The van der Waals surface area contributed by atoms with E-state index in [0.29, 0.717) is 23.6 Å². The van der Waals surface area contributed by atoms with Crippen LogP contribution in [0.2, 0.25) is 0 Å². The van der Waals surface area contributed by atoms with E-state index < -0.39 is 0 Å². The van der Waals surface area contributed by atoms with Crippen molar-refractivity contribution < 1.29 is 4.79 Å². The summed E-state index contributed by atoms with van der Waals surface area (Å²) in [5.41, 5.74) is 0.950. The minimum Gasteiger partial charge on any atom is -0.306 e. The maximum atomic E-state index is 11.0. The Labute approximate surface area is 139 Å². The minimum absolute atomic E-state index is 0.0918. The highest BCUT2D eigenvalue weighted by Gasteiger charge is 2.22. The third-order valence-corrected chi connectivity index (χ3v) is 4.60. The van der Waals surface area contributed by atoms with E-state index in [2.05, 4.69) is 39.5 Å². The molecule has 8 heteroatoms. The lowest BCUT2D eigenvalue weighted by molar-refractivity contribution is -0.114. The van der Waals surface area contributed by atoms with E-state index in [1.165, 1.54) is 18.3 Å². The summed E-state index contributed by atoms with van der Waals surface area (Å²) in [6.45, 7) is 7.26. The second kappa shape index (κ2) is 6.76. The van der Waals surface area contributed by atoms with Gasteiger partial charge in [-0.1, -0.05) is 13.8 Å². The molecule has 1 atom stereocenters. The number of thiazole rings is 1. The molecule has 1 unspecified atom stereocenters. The van der Waals surface area contributed by atoms with Crippen molar-refractivity contribution in [3.05, 3.63) is 22.7 Å². The fourth-order valence-corrected chi connectivity index (χ4v) is 3.34. The highest BCUT2D eigenvalue weighted by molar-refractivity contribution is 7.13. The summed E-state index contributed by atoms with van der Waals surface area (Å²) in [7, 11) is 0. The lowest BCUT2D eigenvalue weighted by atomic mass is 10.1. The van der Waals surface area contributed by atoms with Crippen molar-refractivity contribution in [2.24, 2.45) is 0 Å². The molecule has 0 saturated heterocycles. The highest BCUT2D eigenvalue weighted by Crippen LogP contribution is 2.18. The van der Waals surface area contributed by atoms with E-state index in [1.54, 1.807) is 0 Å². The van der Waals surface area contributed by atoms with Crippen molar-refractivity contribution >= 4 is 22.4 Å². The zero-order valence-electron chi connectivity index (χ0n) is 13.7. The molecule has 2 aromatic rings. The molecule has 23 heavy (non-hydrogen) atoms. The number of hydrogen-bond donors (Lipinski definition) is 2. The Morgan fingerprint density at radius 3 is 3.04 bits per heavy atom. The molecule has 1 amide bonds. The zero-order chi connectivity index (χ0) is 16.4. The van der Waals surface area contributed by atoms with Gasteiger partial charge in [-0.25, -0.2) is 14.6 Å². The van der Waals surface area contributed by atoms with Crippen molar-refractivity contribution in [1.29, 1.82) is 0 Å². The molecule has 0 radical (unpaired) electrons. The van der Waals surface area contributed by atoms with E-state index in [-0.39, 0.29) is 5.91 Å². The molecule has 1 aliphatic rings. The molecule has 7 nitrogen and oxygen atoms in total. The first-order chi connectivity index (χ1) is 11.0. The van der Waals surface area contributed by atoms with Gasteiger partial charge in [0.1, 0.15) is 5.82 Å². The first-order valence-corrected chi connectivity index (χ1v) is 8.78. The van der Waals surface area contributed by atoms with Gasteiger partial charge in [0, 0.05) is 37.2 Å².